The summed E-state index contributed by atoms with van der Waals surface area (Å²) in [6.07, 6.45) is 1.84. The van der Waals surface area contributed by atoms with Gasteiger partial charge in [-0.2, -0.15) is 5.10 Å². The zero-order chi connectivity index (χ0) is 12.8. The minimum absolute atomic E-state index is 0.530. The smallest absolute Gasteiger partial charge is 0.145 e. The molecule has 0 spiro atoms. The number of benzene rings is 1. The Hall–Kier alpha value is -2.01. The van der Waals surface area contributed by atoms with Crippen LogP contribution in [0.4, 0.5) is 5.82 Å². The normalized spacial score (nSPS) is 10.5. The molecule has 1 aromatic carbocycles. The molecule has 0 saturated heterocycles. The Morgan fingerprint density at radius 3 is 2.94 bits per heavy atom. The minimum atomic E-state index is 0.530. The van der Waals surface area contributed by atoms with Crippen molar-refractivity contribution in [2.75, 3.05) is 19.5 Å². The van der Waals surface area contributed by atoms with Gasteiger partial charge in [-0.25, -0.2) is 0 Å². The molecule has 2 rings (SSSR count). The van der Waals surface area contributed by atoms with Crippen molar-refractivity contribution in [1.82, 2.24) is 9.78 Å². The van der Waals surface area contributed by atoms with Gasteiger partial charge in [-0.3, -0.25) is 4.68 Å². The van der Waals surface area contributed by atoms with Crippen molar-refractivity contribution in [2.24, 2.45) is 0 Å². The van der Waals surface area contributed by atoms with Gasteiger partial charge in [0.15, 0.2) is 0 Å². The number of rotatable bonds is 6. The van der Waals surface area contributed by atoms with Crippen LogP contribution in [0.3, 0.4) is 0 Å². The first-order chi connectivity index (χ1) is 8.78. The number of methoxy groups -OCH3 is 1. The average Bonchev–Trinajstić information content (AvgIpc) is 2.81. The zero-order valence-electron chi connectivity index (χ0n) is 10.4. The Balaban J connectivity index is 1.74. The topological polar surface area (TPSA) is 62.3 Å². The summed E-state index contributed by atoms with van der Waals surface area (Å²) in [6, 6.07) is 9.60. The maximum Gasteiger partial charge on any atom is 0.145 e. The SMILES string of the molecule is COc1cccc(COCCn2ccc(N)n2)c1. The van der Waals surface area contributed by atoms with Gasteiger partial charge >= 0.3 is 0 Å². The van der Waals surface area contributed by atoms with E-state index in [1.807, 2.05) is 30.5 Å². The summed E-state index contributed by atoms with van der Waals surface area (Å²) < 4.78 is 12.5. The largest absolute Gasteiger partial charge is 0.497 e. The number of hydrogen-bond acceptors (Lipinski definition) is 4. The molecule has 1 heterocycles. The van der Waals surface area contributed by atoms with Gasteiger partial charge in [-0.15, -0.1) is 0 Å². The maximum absolute atomic E-state index is 5.58. The number of nitrogens with two attached hydrogens (primary N) is 1. The summed E-state index contributed by atoms with van der Waals surface area (Å²) >= 11 is 0. The predicted octanol–water partition coefficient (Wildman–Crippen LogP) is 1.69. The van der Waals surface area contributed by atoms with Gasteiger partial charge in [0.2, 0.25) is 0 Å². The molecule has 0 radical (unpaired) electrons. The lowest BCUT2D eigenvalue weighted by molar-refractivity contribution is 0.111. The first-order valence-corrected chi connectivity index (χ1v) is 5.77. The van der Waals surface area contributed by atoms with E-state index in [9.17, 15) is 0 Å². The fraction of sp³-hybridized carbons (Fsp3) is 0.308. The molecular weight excluding hydrogens is 230 g/mol. The van der Waals surface area contributed by atoms with Crippen LogP contribution in [0.25, 0.3) is 0 Å². The quantitative estimate of drug-likeness (QED) is 0.789. The average molecular weight is 247 g/mol. The predicted molar refractivity (Wildman–Crippen MR) is 69.3 cm³/mol. The van der Waals surface area contributed by atoms with E-state index in [-0.39, 0.29) is 0 Å². The number of ether oxygens (including phenoxy) is 2. The maximum atomic E-state index is 5.58. The van der Waals surface area contributed by atoms with E-state index in [1.165, 1.54) is 0 Å². The lowest BCUT2D eigenvalue weighted by Crippen LogP contribution is -2.07. The molecule has 96 valence electrons. The summed E-state index contributed by atoms with van der Waals surface area (Å²) in [6.45, 7) is 1.85. The molecule has 2 aromatic rings. The third kappa shape index (κ3) is 3.49. The fourth-order valence-electron chi connectivity index (χ4n) is 1.61. The van der Waals surface area contributed by atoms with Gasteiger partial charge in [0.25, 0.3) is 0 Å². The van der Waals surface area contributed by atoms with E-state index < -0.39 is 0 Å². The Morgan fingerprint density at radius 2 is 2.22 bits per heavy atom. The monoisotopic (exact) mass is 247 g/mol. The van der Waals surface area contributed by atoms with E-state index in [4.69, 9.17) is 15.2 Å². The first kappa shape index (κ1) is 12.4. The summed E-state index contributed by atoms with van der Waals surface area (Å²) in [5.41, 5.74) is 6.61. The van der Waals surface area contributed by atoms with Crippen molar-refractivity contribution < 1.29 is 9.47 Å². The van der Waals surface area contributed by atoms with Gasteiger partial charge in [-0.05, 0) is 23.8 Å². The molecule has 0 atom stereocenters. The highest BCUT2D eigenvalue weighted by atomic mass is 16.5. The summed E-state index contributed by atoms with van der Waals surface area (Å²) in [5.74, 6) is 1.37. The van der Waals surface area contributed by atoms with Gasteiger partial charge < -0.3 is 15.2 Å². The van der Waals surface area contributed by atoms with Crippen LogP contribution in [0.2, 0.25) is 0 Å². The molecule has 0 fully saturated rings. The highest BCUT2D eigenvalue weighted by Crippen LogP contribution is 2.13. The van der Waals surface area contributed by atoms with Crippen molar-refractivity contribution >= 4 is 5.82 Å². The van der Waals surface area contributed by atoms with Gasteiger partial charge in [-0.1, -0.05) is 12.1 Å². The second-order valence-corrected chi connectivity index (χ2v) is 3.91. The molecule has 0 aliphatic carbocycles. The van der Waals surface area contributed by atoms with Gasteiger partial charge in [0, 0.05) is 6.20 Å². The van der Waals surface area contributed by atoms with Crippen LogP contribution in [0.15, 0.2) is 36.5 Å². The van der Waals surface area contributed by atoms with E-state index in [0.29, 0.717) is 25.6 Å². The van der Waals surface area contributed by atoms with Crippen molar-refractivity contribution in [2.45, 2.75) is 13.2 Å². The molecule has 0 saturated carbocycles. The highest BCUT2D eigenvalue weighted by Gasteiger charge is 1.97. The summed E-state index contributed by atoms with van der Waals surface area (Å²) in [4.78, 5) is 0. The number of nitrogen functional groups attached to an aromatic ring is 1. The Kier molecular flexibility index (Phi) is 4.20. The second-order valence-electron chi connectivity index (χ2n) is 3.91. The highest BCUT2D eigenvalue weighted by molar-refractivity contribution is 5.27. The van der Waals surface area contributed by atoms with Crippen LogP contribution in [0.5, 0.6) is 5.75 Å². The van der Waals surface area contributed by atoms with Crippen molar-refractivity contribution in [3.63, 3.8) is 0 Å². The molecule has 18 heavy (non-hydrogen) atoms. The van der Waals surface area contributed by atoms with Gasteiger partial charge in [0.05, 0.1) is 26.9 Å². The Bertz CT molecular complexity index is 496. The number of hydrogen-bond donors (Lipinski definition) is 1. The minimum Gasteiger partial charge on any atom is -0.497 e. The third-order valence-corrected chi connectivity index (χ3v) is 2.53. The molecular formula is C13H17N3O2. The summed E-state index contributed by atoms with van der Waals surface area (Å²) in [7, 11) is 1.65. The Labute approximate surface area is 106 Å². The van der Waals surface area contributed by atoms with Crippen molar-refractivity contribution in [1.29, 1.82) is 0 Å². The molecule has 5 heteroatoms. The number of aromatic nitrogens is 2. The molecule has 0 bridgehead atoms. The molecule has 2 N–H and O–H groups in total. The van der Waals surface area contributed by atoms with Crippen LogP contribution < -0.4 is 10.5 Å². The van der Waals surface area contributed by atoms with E-state index >= 15 is 0 Å². The second kappa shape index (κ2) is 6.07. The first-order valence-electron chi connectivity index (χ1n) is 5.77. The van der Waals surface area contributed by atoms with E-state index in [1.54, 1.807) is 17.9 Å². The van der Waals surface area contributed by atoms with Crippen LogP contribution in [0, 0.1) is 0 Å². The van der Waals surface area contributed by atoms with Crippen LogP contribution in [-0.4, -0.2) is 23.5 Å². The molecule has 0 amide bonds. The lowest BCUT2D eigenvalue weighted by Gasteiger charge is -2.06. The summed E-state index contributed by atoms with van der Waals surface area (Å²) in [5, 5.41) is 4.08. The van der Waals surface area contributed by atoms with Gasteiger partial charge in [0.1, 0.15) is 11.6 Å². The molecule has 5 nitrogen and oxygen atoms in total. The van der Waals surface area contributed by atoms with E-state index in [2.05, 4.69) is 5.10 Å². The molecule has 0 aliphatic heterocycles. The van der Waals surface area contributed by atoms with Crippen molar-refractivity contribution in [3.8, 4) is 5.75 Å². The molecule has 0 aliphatic rings. The number of anilines is 1. The van der Waals surface area contributed by atoms with Crippen LogP contribution in [-0.2, 0) is 17.9 Å². The van der Waals surface area contributed by atoms with Crippen LogP contribution >= 0.6 is 0 Å². The number of nitrogens with zero attached hydrogens (tertiary/aromatic N) is 2. The molecule has 0 unspecified atom stereocenters. The van der Waals surface area contributed by atoms with Crippen molar-refractivity contribution in [3.05, 3.63) is 42.1 Å². The fourth-order valence-corrected chi connectivity index (χ4v) is 1.61. The third-order valence-electron chi connectivity index (χ3n) is 2.53. The Morgan fingerprint density at radius 1 is 1.33 bits per heavy atom. The lowest BCUT2D eigenvalue weighted by atomic mass is 10.2. The zero-order valence-corrected chi connectivity index (χ0v) is 10.4. The van der Waals surface area contributed by atoms with E-state index in [0.717, 1.165) is 11.3 Å². The molecule has 1 aromatic heterocycles. The van der Waals surface area contributed by atoms with Crippen LogP contribution in [0.1, 0.15) is 5.56 Å². The standard InChI is InChI=1S/C13H17N3O2/c1-17-12-4-2-3-11(9-12)10-18-8-7-16-6-5-13(14)15-16/h2-6,9H,7-8,10H2,1H3,(H2,14,15).